The van der Waals surface area contributed by atoms with E-state index < -0.39 is 17.5 Å². The average Bonchev–Trinajstić information content (AvgIpc) is 2.95. The molecule has 1 heterocycles. The molecule has 6 nitrogen and oxygen atoms in total. The maximum Gasteiger partial charge on any atom is 0.349 e. The summed E-state index contributed by atoms with van der Waals surface area (Å²) in [4.78, 5) is 24.0. The van der Waals surface area contributed by atoms with Gasteiger partial charge < -0.3 is 9.47 Å². The normalized spacial score (nSPS) is 11.2. The number of benzene rings is 1. The molecule has 0 aliphatic rings. The van der Waals surface area contributed by atoms with Crippen LogP contribution in [0.25, 0.3) is 5.69 Å². The van der Waals surface area contributed by atoms with Crippen molar-refractivity contribution in [2.75, 3.05) is 6.61 Å². The van der Waals surface area contributed by atoms with Crippen molar-refractivity contribution in [3.8, 4) is 5.69 Å². The zero-order valence-corrected chi connectivity index (χ0v) is 15.6. The Balaban J connectivity index is 2.14. The van der Waals surface area contributed by atoms with Gasteiger partial charge in [-0.1, -0.05) is 23.2 Å². The summed E-state index contributed by atoms with van der Waals surface area (Å²) in [6.07, 6.45) is 3.05. The van der Waals surface area contributed by atoms with E-state index >= 15 is 0 Å². The Bertz CT molecular complexity index is 787. The average molecular weight is 385 g/mol. The summed E-state index contributed by atoms with van der Waals surface area (Å²) < 4.78 is 11.7. The Kier molecular flexibility index (Phi) is 6.08. The number of hydrogen-bond donors (Lipinski definition) is 0. The third-order valence-electron chi connectivity index (χ3n) is 3.32. The van der Waals surface area contributed by atoms with Gasteiger partial charge in [0.15, 0.2) is 0 Å². The number of aromatic nitrogens is 2. The monoisotopic (exact) mass is 384 g/mol. The molecule has 8 heteroatoms. The third kappa shape index (κ3) is 4.96. The lowest BCUT2D eigenvalue weighted by atomic mass is 10.1. The highest BCUT2D eigenvalue weighted by atomic mass is 35.5. The predicted octanol–water partition coefficient (Wildman–Crippen LogP) is 3.61. The van der Waals surface area contributed by atoms with Gasteiger partial charge in [-0.3, -0.25) is 4.79 Å². The second-order valence-corrected chi connectivity index (χ2v) is 6.60. The van der Waals surface area contributed by atoms with Gasteiger partial charge in [0, 0.05) is 11.2 Å². The summed E-state index contributed by atoms with van der Waals surface area (Å²) in [7, 11) is 0. The highest BCUT2D eigenvalue weighted by Crippen LogP contribution is 2.22. The highest BCUT2D eigenvalue weighted by Gasteiger charge is 2.33. The van der Waals surface area contributed by atoms with Gasteiger partial charge in [0.05, 0.1) is 29.9 Å². The van der Waals surface area contributed by atoms with Crippen LogP contribution >= 0.6 is 23.2 Å². The van der Waals surface area contributed by atoms with Gasteiger partial charge in [0.2, 0.25) is 5.60 Å². The van der Waals surface area contributed by atoms with Crippen molar-refractivity contribution in [2.45, 2.75) is 32.8 Å². The molecule has 2 rings (SSSR count). The minimum absolute atomic E-state index is 0.0927. The zero-order chi connectivity index (χ0) is 18.6. The summed E-state index contributed by atoms with van der Waals surface area (Å²) in [5.74, 6) is -1.19. The molecule has 0 fully saturated rings. The lowest BCUT2D eigenvalue weighted by Crippen LogP contribution is -2.39. The molecule has 0 atom stereocenters. The number of nitrogens with zero attached hydrogens (tertiary/aromatic N) is 2. The molecule has 25 heavy (non-hydrogen) atoms. The molecule has 0 aliphatic carbocycles. The van der Waals surface area contributed by atoms with Crippen LogP contribution < -0.4 is 0 Å². The van der Waals surface area contributed by atoms with E-state index in [9.17, 15) is 9.59 Å². The number of ether oxygens (including phenoxy) is 2. The van der Waals surface area contributed by atoms with Crippen molar-refractivity contribution < 1.29 is 19.1 Å². The third-order valence-corrected chi connectivity index (χ3v) is 3.88. The first-order valence-corrected chi connectivity index (χ1v) is 8.36. The van der Waals surface area contributed by atoms with Crippen molar-refractivity contribution in [3.63, 3.8) is 0 Å². The lowest BCUT2D eigenvalue weighted by molar-refractivity contribution is -0.177. The van der Waals surface area contributed by atoms with Crippen molar-refractivity contribution in [1.82, 2.24) is 9.78 Å². The number of esters is 2. The summed E-state index contributed by atoms with van der Waals surface area (Å²) in [5, 5.41) is 5.01. The molecule has 0 aliphatic heterocycles. The van der Waals surface area contributed by atoms with Crippen LogP contribution in [0.4, 0.5) is 0 Å². The Labute approximate surface area is 155 Å². The number of halogens is 2. The fourth-order valence-electron chi connectivity index (χ4n) is 2.10. The van der Waals surface area contributed by atoms with E-state index in [0.717, 1.165) is 0 Å². The highest BCUT2D eigenvalue weighted by molar-refractivity contribution is 6.31. The van der Waals surface area contributed by atoms with Gasteiger partial charge in [-0.05, 0) is 44.5 Å². The SMILES string of the molecule is CCOC(=O)C(C)(C)OC(=O)Cc1cc(-n2cc(Cl)cn2)ccc1Cl. The van der Waals surface area contributed by atoms with E-state index in [1.165, 1.54) is 20.0 Å². The fraction of sp³-hybridized carbons (Fsp3) is 0.353. The quantitative estimate of drug-likeness (QED) is 0.711. The van der Waals surface area contributed by atoms with Gasteiger partial charge in [0.25, 0.3) is 0 Å². The van der Waals surface area contributed by atoms with Gasteiger partial charge in [-0.25, -0.2) is 9.48 Å². The van der Waals surface area contributed by atoms with Crippen molar-refractivity contribution in [2.24, 2.45) is 0 Å². The topological polar surface area (TPSA) is 70.4 Å². The first-order chi connectivity index (χ1) is 11.7. The van der Waals surface area contributed by atoms with Crippen LogP contribution in [-0.2, 0) is 25.5 Å². The molecule has 0 radical (unpaired) electrons. The summed E-state index contributed by atoms with van der Waals surface area (Å²) in [6.45, 7) is 4.85. The van der Waals surface area contributed by atoms with Crippen LogP contribution in [0, 0.1) is 0 Å². The Hall–Kier alpha value is -2.05. The lowest BCUT2D eigenvalue weighted by Gasteiger charge is -2.22. The van der Waals surface area contributed by atoms with Crippen molar-refractivity contribution in [3.05, 3.63) is 46.2 Å². The maximum absolute atomic E-state index is 12.2. The molecular weight excluding hydrogens is 367 g/mol. The van der Waals surface area contributed by atoms with Crippen molar-refractivity contribution >= 4 is 35.1 Å². The van der Waals surface area contributed by atoms with E-state index in [1.807, 2.05) is 0 Å². The minimum atomic E-state index is -1.37. The largest absolute Gasteiger partial charge is 0.463 e. The van der Waals surface area contributed by atoms with E-state index in [1.54, 1.807) is 36.0 Å². The molecule has 0 saturated heterocycles. The van der Waals surface area contributed by atoms with Crippen LogP contribution in [0.1, 0.15) is 26.3 Å². The molecule has 134 valence electrons. The molecule has 0 N–H and O–H groups in total. The number of hydrogen-bond acceptors (Lipinski definition) is 5. The zero-order valence-electron chi connectivity index (χ0n) is 14.1. The Morgan fingerprint density at radius 1 is 1.28 bits per heavy atom. The van der Waals surface area contributed by atoms with Gasteiger partial charge in [-0.15, -0.1) is 0 Å². The van der Waals surface area contributed by atoms with Crippen LogP contribution in [0.5, 0.6) is 0 Å². The number of rotatable bonds is 6. The van der Waals surface area contributed by atoms with E-state index in [0.29, 0.717) is 21.3 Å². The molecule has 2 aromatic rings. The Morgan fingerprint density at radius 2 is 2.00 bits per heavy atom. The van der Waals surface area contributed by atoms with Crippen LogP contribution in [0.3, 0.4) is 0 Å². The molecule has 0 spiro atoms. The van der Waals surface area contributed by atoms with Crippen LogP contribution in [0.15, 0.2) is 30.6 Å². The van der Waals surface area contributed by atoms with E-state index in [-0.39, 0.29) is 13.0 Å². The molecular formula is C17H18Cl2N2O4. The van der Waals surface area contributed by atoms with Gasteiger partial charge >= 0.3 is 11.9 Å². The second-order valence-electron chi connectivity index (χ2n) is 5.76. The van der Waals surface area contributed by atoms with Crippen LogP contribution in [-0.4, -0.2) is 33.9 Å². The minimum Gasteiger partial charge on any atom is -0.463 e. The van der Waals surface area contributed by atoms with Crippen molar-refractivity contribution in [1.29, 1.82) is 0 Å². The van der Waals surface area contributed by atoms with E-state index in [4.69, 9.17) is 32.7 Å². The standard InChI is InChI=1S/C17H18Cl2N2O4/c1-4-24-16(23)17(2,3)25-15(22)8-11-7-13(5-6-14(11)19)21-10-12(18)9-20-21/h5-7,9-10H,4,8H2,1-3H3. The predicted molar refractivity (Wildman–Crippen MR) is 94.1 cm³/mol. The maximum atomic E-state index is 12.2. The molecule has 1 aromatic heterocycles. The Morgan fingerprint density at radius 3 is 2.60 bits per heavy atom. The number of carbonyl (C=O) groups is 2. The summed E-state index contributed by atoms with van der Waals surface area (Å²) in [5.41, 5.74) is -0.119. The van der Waals surface area contributed by atoms with Gasteiger partial charge in [-0.2, -0.15) is 5.10 Å². The number of carbonyl (C=O) groups excluding carboxylic acids is 2. The molecule has 0 saturated carbocycles. The summed E-state index contributed by atoms with van der Waals surface area (Å²) >= 11 is 12.0. The fourth-order valence-corrected chi connectivity index (χ4v) is 2.42. The molecule has 1 aromatic carbocycles. The first-order valence-electron chi connectivity index (χ1n) is 7.61. The molecule has 0 bridgehead atoms. The second kappa shape index (κ2) is 7.89. The first kappa shape index (κ1) is 19.3. The molecule has 0 amide bonds. The summed E-state index contributed by atoms with van der Waals surface area (Å²) in [6, 6.07) is 5.12. The van der Waals surface area contributed by atoms with Gasteiger partial charge in [0.1, 0.15) is 0 Å². The smallest absolute Gasteiger partial charge is 0.349 e. The van der Waals surface area contributed by atoms with E-state index in [2.05, 4.69) is 5.10 Å². The van der Waals surface area contributed by atoms with Crippen LogP contribution in [0.2, 0.25) is 10.0 Å². The molecule has 0 unspecified atom stereocenters.